The largest absolute Gasteiger partial charge is 0.378 e. The third-order valence-corrected chi connectivity index (χ3v) is 5.98. The summed E-state index contributed by atoms with van der Waals surface area (Å²) in [5, 5.41) is 6.79. The van der Waals surface area contributed by atoms with Crippen LogP contribution >= 0.6 is 0 Å². The van der Waals surface area contributed by atoms with Gasteiger partial charge in [0.05, 0.1) is 24.8 Å². The lowest BCUT2D eigenvalue weighted by molar-refractivity contribution is -0.0370. The van der Waals surface area contributed by atoms with Crippen LogP contribution in [-0.4, -0.2) is 57.6 Å². The second-order valence-electron chi connectivity index (χ2n) is 7.90. The van der Waals surface area contributed by atoms with Gasteiger partial charge in [-0.3, -0.25) is 0 Å². The maximum absolute atomic E-state index is 6.01. The Labute approximate surface area is 173 Å². The van der Waals surface area contributed by atoms with Crippen LogP contribution in [0.15, 0.2) is 36.7 Å². The Morgan fingerprint density at radius 1 is 1.03 bits per heavy atom. The van der Waals surface area contributed by atoms with E-state index in [2.05, 4.69) is 39.2 Å². The number of aromatic amines is 1. The number of nitrogens with one attached hydrogen (secondary N) is 1. The van der Waals surface area contributed by atoms with E-state index in [-0.39, 0.29) is 6.23 Å². The lowest BCUT2D eigenvalue weighted by atomic mass is 10.1. The van der Waals surface area contributed by atoms with Crippen molar-refractivity contribution >= 4 is 27.8 Å². The second-order valence-corrected chi connectivity index (χ2v) is 7.90. The summed E-state index contributed by atoms with van der Waals surface area (Å²) >= 11 is 0. The number of morpholine rings is 1. The van der Waals surface area contributed by atoms with Gasteiger partial charge in [0.2, 0.25) is 0 Å². The van der Waals surface area contributed by atoms with Gasteiger partial charge in [-0.2, -0.15) is 5.10 Å². The van der Waals surface area contributed by atoms with Crippen LogP contribution in [0.1, 0.15) is 25.5 Å². The van der Waals surface area contributed by atoms with Crippen molar-refractivity contribution in [1.82, 2.24) is 24.7 Å². The molecule has 2 fully saturated rings. The number of hydrogen-bond donors (Lipinski definition) is 1. The first kappa shape index (κ1) is 17.9. The fraction of sp³-hybridized carbons (Fsp3) is 0.409. The van der Waals surface area contributed by atoms with Gasteiger partial charge in [-0.05, 0) is 43.5 Å². The zero-order valence-corrected chi connectivity index (χ0v) is 16.8. The molecule has 5 heterocycles. The smallest absolute Gasteiger partial charge is 0.166 e. The Morgan fingerprint density at radius 2 is 1.97 bits per heavy atom. The molecule has 2 aliphatic rings. The Kier molecular flexibility index (Phi) is 4.39. The Balaban J connectivity index is 1.52. The molecule has 4 aromatic rings. The molecule has 0 bridgehead atoms. The number of rotatable bonds is 3. The summed E-state index contributed by atoms with van der Waals surface area (Å²) in [6.07, 6.45) is 6.97. The first-order valence-electron chi connectivity index (χ1n) is 10.6. The van der Waals surface area contributed by atoms with E-state index >= 15 is 0 Å². The van der Waals surface area contributed by atoms with Gasteiger partial charge in [-0.1, -0.05) is 0 Å². The molecule has 6 rings (SSSR count). The molecule has 1 aromatic carbocycles. The molecule has 0 radical (unpaired) electrons. The molecule has 0 aliphatic carbocycles. The van der Waals surface area contributed by atoms with Gasteiger partial charge in [0.1, 0.15) is 5.82 Å². The second kappa shape index (κ2) is 7.37. The predicted octanol–water partition coefficient (Wildman–Crippen LogP) is 3.51. The number of benzene rings is 1. The number of aromatic nitrogens is 5. The minimum atomic E-state index is -0.0660. The van der Waals surface area contributed by atoms with Crippen molar-refractivity contribution in [3.63, 3.8) is 0 Å². The van der Waals surface area contributed by atoms with Crippen LogP contribution in [0.3, 0.4) is 0 Å². The summed E-state index contributed by atoms with van der Waals surface area (Å²) in [6, 6.07) is 8.35. The molecule has 2 aliphatic heterocycles. The van der Waals surface area contributed by atoms with Gasteiger partial charge in [-0.25, -0.2) is 14.6 Å². The van der Waals surface area contributed by atoms with Crippen molar-refractivity contribution in [2.75, 3.05) is 37.8 Å². The van der Waals surface area contributed by atoms with Crippen LogP contribution in [0.2, 0.25) is 0 Å². The molecule has 0 spiro atoms. The van der Waals surface area contributed by atoms with Crippen molar-refractivity contribution in [3.8, 4) is 11.4 Å². The molecule has 1 N–H and O–H groups in total. The highest BCUT2D eigenvalue weighted by molar-refractivity contribution is 5.90. The van der Waals surface area contributed by atoms with Crippen LogP contribution in [0, 0.1) is 0 Å². The standard InChI is InChI=1S/C22H24N6O2/c1-2-10-30-19(3-1)28-22-17(14-24-28)21(27-8-11-29-12-9-27)25-20(26-22)16-4-5-18-15(13-16)6-7-23-18/h4-7,13-14,19,23H,1-3,8-12H2. The van der Waals surface area contributed by atoms with Crippen LogP contribution in [0.4, 0.5) is 5.82 Å². The molecule has 3 aromatic heterocycles. The molecule has 8 heteroatoms. The monoisotopic (exact) mass is 404 g/mol. The van der Waals surface area contributed by atoms with Crippen molar-refractivity contribution in [1.29, 1.82) is 0 Å². The van der Waals surface area contributed by atoms with E-state index in [0.717, 1.165) is 72.3 Å². The first-order chi connectivity index (χ1) is 14.9. The quantitative estimate of drug-likeness (QED) is 0.563. The van der Waals surface area contributed by atoms with Crippen molar-refractivity contribution in [2.24, 2.45) is 0 Å². The van der Waals surface area contributed by atoms with E-state index in [4.69, 9.17) is 19.4 Å². The third-order valence-electron chi connectivity index (χ3n) is 5.98. The number of ether oxygens (including phenoxy) is 2. The van der Waals surface area contributed by atoms with Crippen LogP contribution in [0.5, 0.6) is 0 Å². The number of fused-ring (bicyclic) bond motifs is 2. The maximum Gasteiger partial charge on any atom is 0.166 e. The topological polar surface area (TPSA) is 81.1 Å². The molecule has 30 heavy (non-hydrogen) atoms. The fourth-order valence-electron chi connectivity index (χ4n) is 4.38. The Bertz CT molecular complexity index is 1190. The molecule has 0 amide bonds. The van der Waals surface area contributed by atoms with Crippen LogP contribution in [0.25, 0.3) is 33.3 Å². The highest BCUT2D eigenvalue weighted by Crippen LogP contribution is 2.32. The summed E-state index contributed by atoms with van der Waals surface area (Å²) in [4.78, 5) is 15.5. The molecule has 154 valence electrons. The maximum atomic E-state index is 6.01. The lowest BCUT2D eigenvalue weighted by Crippen LogP contribution is -2.37. The average Bonchev–Trinajstić information content (AvgIpc) is 3.46. The molecular weight excluding hydrogens is 380 g/mol. The first-order valence-corrected chi connectivity index (χ1v) is 10.6. The van der Waals surface area contributed by atoms with Gasteiger partial charge in [0, 0.05) is 42.4 Å². The van der Waals surface area contributed by atoms with E-state index in [1.54, 1.807) is 0 Å². The van der Waals surface area contributed by atoms with Gasteiger partial charge in [0.15, 0.2) is 17.7 Å². The number of nitrogens with zero attached hydrogens (tertiary/aromatic N) is 5. The zero-order chi connectivity index (χ0) is 19.9. The van der Waals surface area contributed by atoms with E-state index in [1.807, 2.05) is 17.1 Å². The minimum Gasteiger partial charge on any atom is -0.378 e. The van der Waals surface area contributed by atoms with Crippen LogP contribution < -0.4 is 4.90 Å². The van der Waals surface area contributed by atoms with Gasteiger partial charge in [-0.15, -0.1) is 0 Å². The summed E-state index contributed by atoms with van der Waals surface area (Å²) in [7, 11) is 0. The molecular formula is C22H24N6O2. The van der Waals surface area contributed by atoms with E-state index < -0.39 is 0 Å². The predicted molar refractivity (Wildman–Crippen MR) is 114 cm³/mol. The minimum absolute atomic E-state index is 0.0660. The van der Waals surface area contributed by atoms with Crippen LogP contribution in [-0.2, 0) is 9.47 Å². The molecule has 1 unspecified atom stereocenters. The van der Waals surface area contributed by atoms with Gasteiger partial charge < -0.3 is 19.4 Å². The summed E-state index contributed by atoms with van der Waals surface area (Å²) < 4.78 is 13.5. The van der Waals surface area contributed by atoms with E-state index in [0.29, 0.717) is 19.0 Å². The van der Waals surface area contributed by atoms with E-state index in [1.165, 1.54) is 0 Å². The summed E-state index contributed by atoms with van der Waals surface area (Å²) in [5.41, 5.74) is 2.94. The van der Waals surface area contributed by atoms with E-state index in [9.17, 15) is 0 Å². The highest BCUT2D eigenvalue weighted by atomic mass is 16.5. The highest BCUT2D eigenvalue weighted by Gasteiger charge is 2.24. The van der Waals surface area contributed by atoms with Crippen molar-refractivity contribution in [3.05, 3.63) is 36.7 Å². The molecule has 0 saturated carbocycles. The molecule has 8 nitrogen and oxygen atoms in total. The number of anilines is 1. The van der Waals surface area contributed by atoms with Gasteiger partial charge in [0.25, 0.3) is 0 Å². The Hall–Kier alpha value is -2.97. The zero-order valence-electron chi connectivity index (χ0n) is 16.8. The number of hydrogen-bond acceptors (Lipinski definition) is 6. The van der Waals surface area contributed by atoms with Crippen molar-refractivity contribution < 1.29 is 9.47 Å². The Morgan fingerprint density at radius 3 is 2.83 bits per heavy atom. The molecule has 1 atom stereocenters. The average molecular weight is 404 g/mol. The van der Waals surface area contributed by atoms with Gasteiger partial charge >= 0.3 is 0 Å². The SMILES string of the molecule is c1cc2cc(-c3nc(N4CCOCC4)c4cnn(C5CCCCO5)c4n3)ccc2[nH]1. The lowest BCUT2D eigenvalue weighted by Gasteiger charge is -2.28. The summed E-state index contributed by atoms with van der Waals surface area (Å²) in [5.74, 6) is 1.64. The number of H-pyrrole nitrogens is 1. The molecule has 2 saturated heterocycles. The van der Waals surface area contributed by atoms with Crippen molar-refractivity contribution in [2.45, 2.75) is 25.5 Å². The normalized spacial score (nSPS) is 20.3. The fourth-order valence-corrected chi connectivity index (χ4v) is 4.38. The summed E-state index contributed by atoms with van der Waals surface area (Å²) in [6.45, 7) is 3.80. The third kappa shape index (κ3) is 3.03.